The van der Waals surface area contributed by atoms with Crippen LogP contribution < -0.4 is 5.32 Å². The van der Waals surface area contributed by atoms with E-state index in [4.69, 9.17) is 9.97 Å². The van der Waals surface area contributed by atoms with Gasteiger partial charge in [0.25, 0.3) is 5.91 Å². The van der Waals surface area contributed by atoms with Crippen LogP contribution in [0.5, 0.6) is 0 Å². The van der Waals surface area contributed by atoms with Gasteiger partial charge in [-0.2, -0.15) is 0 Å². The molecule has 4 aromatic rings. The molecule has 4 heterocycles. The minimum Gasteiger partial charge on any atom is -0.373 e. The van der Waals surface area contributed by atoms with Gasteiger partial charge in [0.2, 0.25) is 0 Å². The van der Waals surface area contributed by atoms with Gasteiger partial charge in [-0.1, -0.05) is 49.6 Å². The molecule has 0 fully saturated rings. The van der Waals surface area contributed by atoms with Gasteiger partial charge in [0, 0.05) is 48.2 Å². The summed E-state index contributed by atoms with van der Waals surface area (Å²) in [6.07, 6.45) is 11.7. The summed E-state index contributed by atoms with van der Waals surface area (Å²) in [5.41, 5.74) is 6.96. The Kier molecular flexibility index (Phi) is 7.92. The smallest absolute Gasteiger partial charge is 0.254 e. The number of aromatic nitrogens is 4. The molecule has 0 saturated carbocycles. The van der Waals surface area contributed by atoms with Gasteiger partial charge in [-0.05, 0) is 70.5 Å². The normalized spacial score (nSPS) is 12.7. The third kappa shape index (κ3) is 5.80. The first-order valence-corrected chi connectivity index (χ1v) is 13.6. The highest BCUT2D eigenvalue weighted by Gasteiger charge is 2.26. The number of carbonyl (C=O) groups is 1. The molecule has 0 bridgehead atoms. The lowest BCUT2D eigenvalue weighted by atomic mass is 10.0. The number of halogens is 1. The first kappa shape index (κ1) is 26.4. The Morgan fingerprint density at radius 2 is 1.77 bits per heavy atom. The quantitative estimate of drug-likeness (QED) is 0.193. The molecule has 1 aliphatic rings. The molecule has 1 aliphatic heterocycles. The number of rotatable bonds is 7. The molecule has 1 aromatic carbocycles. The van der Waals surface area contributed by atoms with Crippen LogP contribution in [0.25, 0.3) is 35.7 Å². The number of amides is 1. The predicted molar refractivity (Wildman–Crippen MR) is 166 cm³/mol. The molecule has 0 radical (unpaired) electrons. The molecule has 0 aliphatic carbocycles. The van der Waals surface area contributed by atoms with Crippen LogP contribution in [0.1, 0.15) is 44.0 Å². The average molecular weight is 627 g/mol. The van der Waals surface area contributed by atoms with Gasteiger partial charge < -0.3 is 10.2 Å². The van der Waals surface area contributed by atoms with E-state index in [1.54, 1.807) is 18.3 Å². The van der Waals surface area contributed by atoms with Crippen LogP contribution in [0.3, 0.4) is 0 Å². The van der Waals surface area contributed by atoms with Crippen LogP contribution >= 0.6 is 22.6 Å². The van der Waals surface area contributed by atoms with Gasteiger partial charge in [0.05, 0.1) is 17.9 Å². The number of nitrogens with one attached hydrogen (secondary N) is 1. The van der Waals surface area contributed by atoms with Crippen molar-refractivity contribution in [3.05, 3.63) is 111 Å². The van der Waals surface area contributed by atoms with E-state index in [1.165, 1.54) is 0 Å². The largest absolute Gasteiger partial charge is 0.373 e. The lowest BCUT2D eigenvalue weighted by Crippen LogP contribution is -2.37. The zero-order valence-electron chi connectivity index (χ0n) is 21.6. The summed E-state index contributed by atoms with van der Waals surface area (Å²) in [7, 11) is 1.85. The number of anilines is 1. The molecule has 39 heavy (non-hydrogen) atoms. The number of fused-ring (bicyclic) bond motifs is 1. The average Bonchev–Trinajstić information content (AvgIpc) is 2.99. The Hall–Kier alpha value is -4.18. The van der Waals surface area contributed by atoms with Crippen molar-refractivity contribution >= 4 is 58.6 Å². The van der Waals surface area contributed by atoms with E-state index < -0.39 is 0 Å². The monoisotopic (exact) mass is 626 g/mol. The second-order valence-electron chi connectivity index (χ2n) is 9.02. The molecule has 3 aromatic heterocycles. The summed E-state index contributed by atoms with van der Waals surface area (Å²) in [5, 5.41) is 3.20. The fourth-order valence-electron chi connectivity index (χ4n) is 4.49. The number of hydrogen-bond acceptors (Lipinski definition) is 6. The lowest BCUT2D eigenvalue weighted by Gasteiger charge is -2.29. The fraction of sp³-hybridized carbons (Fsp3) is 0.129. The molecule has 7 nitrogen and oxygen atoms in total. The summed E-state index contributed by atoms with van der Waals surface area (Å²) in [5.74, 6) is 1.31. The van der Waals surface area contributed by atoms with E-state index in [1.807, 2.05) is 72.8 Å². The number of carbonyl (C=O) groups excluding carboxylic acids is 1. The van der Waals surface area contributed by atoms with Crippen LogP contribution in [0, 0.1) is 3.70 Å². The second kappa shape index (κ2) is 11.7. The molecule has 0 spiro atoms. The van der Waals surface area contributed by atoms with Crippen molar-refractivity contribution in [1.82, 2.24) is 24.8 Å². The Balaban J connectivity index is 1.36. The summed E-state index contributed by atoms with van der Waals surface area (Å²) < 4.78 is 0.957. The number of hydrogen-bond donors (Lipinski definition) is 1. The van der Waals surface area contributed by atoms with Crippen molar-refractivity contribution in [2.75, 3.05) is 18.9 Å². The highest BCUT2D eigenvalue weighted by molar-refractivity contribution is 14.1. The standard InChI is InChI=1S/C31H27IN6O/c1-4-22-16-24(18-34-26(22)5-2)29-36-27-19-38(15-14-25(27)30(33-3)37-29)31(39)23-11-8-20(9-12-23)6-7-21-10-13-28(32)35-17-21/h4-13,16-18H,1-2,14-15,19H2,3H3,(H,33,36,37)/b7-6+. The second-order valence-corrected chi connectivity index (χ2v) is 10.1. The molecule has 1 amide bonds. The highest BCUT2D eigenvalue weighted by atomic mass is 127. The van der Waals surface area contributed by atoms with Gasteiger partial charge in [-0.15, -0.1) is 0 Å². The molecule has 1 N–H and O–H groups in total. The maximum absolute atomic E-state index is 13.4. The Labute approximate surface area is 241 Å². The molecular formula is C31H27IN6O. The number of pyridine rings is 2. The van der Waals surface area contributed by atoms with Crippen LogP contribution in [-0.2, 0) is 13.0 Å². The molecule has 0 saturated heterocycles. The Bertz CT molecular complexity index is 1580. The first-order valence-electron chi connectivity index (χ1n) is 12.5. The Morgan fingerprint density at radius 3 is 2.46 bits per heavy atom. The minimum atomic E-state index is -0.0184. The zero-order chi connectivity index (χ0) is 27.4. The van der Waals surface area contributed by atoms with Crippen molar-refractivity contribution in [2.24, 2.45) is 0 Å². The first-order chi connectivity index (χ1) is 19.0. The van der Waals surface area contributed by atoms with Crippen molar-refractivity contribution < 1.29 is 4.79 Å². The summed E-state index contributed by atoms with van der Waals surface area (Å²) in [6, 6.07) is 13.6. The van der Waals surface area contributed by atoms with E-state index in [-0.39, 0.29) is 5.91 Å². The zero-order valence-corrected chi connectivity index (χ0v) is 23.7. The fourth-order valence-corrected chi connectivity index (χ4v) is 4.81. The van der Waals surface area contributed by atoms with Crippen LogP contribution in [0.15, 0.2) is 68.0 Å². The number of benzene rings is 1. The maximum Gasteiger partial charge on any atom is 0.254 e. The van der Waals surface area contributed by atoms with E-state index in [0.29, 0.717) is 30.9 Å². The van der Waals surface area contributed by atoms with E-state index in [2.05, 4.69) is 51.0 Å². The van der Waals surface area contributed by atoms with Crippen molar-refractivity contribution in [2.45, 2.75) is 13.0 Å². The van der Waals surface area contributed by atoms with Crippen LogP contribution in [0.2, 0.25) is 0 Å². The van der Waals surface area contributed by atoms with Crippen molar-refractivity contribution in [1.29, 1.82) is 0 Å². The van der Waals surface area contributed by atoms with E-state index in [9.17, 15) is 4.79 Å². The van der Waals surface area contributed by atoms with Gasteiger partial charge in [0.1, 0.15) is 9.52 Å². The molecule has 194 valence electrons. The number of nitrogens with zero attached hydrogens (tertiary/aromatic N) is 5. The van der Waals surface area contributed by atoms with Crippen LogP contribution in [0.4, 0.5) is 5.82 Å². The van der Waals surface area contributed by atoms with Gasteiger partial charge >= 0.3 is 0 Å². The molecular weight excluding hydrogens is 599 g/mol. The van der Waals surface area contributed by atoms with Gasteiger partial charge in [0.15, 0.2) is 5.82 Å². The SMILES string of the molecule is C=Cc1cc(-c2nc3c(c(NC)n2)CCN(C(=O)c2ccc(/C=C/c4ccc(I)nc4)cc2)C3)cnc1C=C. The topological polar surface area (TPSA) is 83.9 Å². The van der Waals surface area contributed by atoms with Gasteiger partial charge in [-0.3, -0.25) is 9.78 Å². The van der Waals surface area contributed by atoms with Crippen molar-refractivity contribution in [3.63, 3.8) is 0 Å². The molecule has 5 rings (SSSR count). The molecule has 8 heteroatoms. The molecule has 0 atom stereocenters. The minimum absolute atomic E-state index is 0.0184. The third-order valence-corrected chi connectivity index (χ3v) is 7.22. The van der Waals surface area contributed by atoms with E-state index >= 15 is 0 Å². The Morgan fingerprint density at radius 1 is 1.00 bits per heavy atom. The van der Waals surface area contributed by atoms with Crippen molar-refractivity contribution in [3.8, 4) is 11.4 Å². The predicted octanol–water partition coefficient (Wildman–Crippen LogP) is 6.23. The summed E-state index contributed by atoms with van der Waals surface area (Å²) in [6.45, 7) is 8.70. The summed E-state index contributed by atoms with van der Waals surface area (Å²) in [4.78, 5) is 33.6. The lowest BCUT2D eigenvalue weighted by molar-refractivity contribution is 0.0732. The molecule has 0 unspecified atom stereocenters. The van der Waals surface area contributed by atoms with E-state index in [0.717, 1.165) is 48.7 Å². The van der Waals surface area contributed by atoms with Gasteiger partial charge in [-0.25, -0.2) is 15.0 Å². The highest BCUT2D eigenvalue weighted by Crippen LogP contribution is 2.28. The maximum atomic E-state index is 13.4. The summed E-state index contributed by atoms with van der Waals surface area (Å²) >= 11 is 2.19. The third-order valence-electron chi connectivity index (χ3n) is 6.59. The van der Waals surface area contributed by atoms with Crippen LogP contribution in [-0.4, -0.2) is 44.3 Å².